The third kappa shape index (κ3) is 6.52. The summed E-state index contributed by atoms with van der Waals surface area (Å²) in [6, 6.07) is 5.87. The first-order valence-electron chi connectivity index (χ1n) is 8.25. The van der Waals surface area contributed by atoms with Gasteiger partial charge in [-0.2, -0.15) is 4.31 Å². The number of hydrogen-bond donors (Lipinski definition) is 4. The first kappa shape index (κ1) is 21.2. The van der Waals surface area contributed by atoms with Crippen molar-refractivity contribution in [3.8, 4) is 0 Å². The second-order valence-electron chi connectivity index (χ2n) is 6.29. The van der Waals surface area contributed by atoms with Crippen molar-refractivity contribution in [1.82, 2.24) is 9.62 Å². The Bertz CT molecular complexity index is 647. The average molecular weight is 372 g/mol. The number of nitrogens with one attached hydrogen (secondary N) is 1. The van der Waals surface area contributed by atoms with Gasteiger partial charge >= 0.3 is 6.09 Å². The number of rotatable bonds is 10. The topological polar surface area (TPSA) is 139 Å². The molecule has 0 aliphatic heterocycles. The fraction of sp³-hybridized carbons (Fsp3) is 0.562. The van der Waals surface area contributed by atoms with Crippen molar-refractivity contribution in [2.24, 2.45) is 11.7 Å². The van der Waals surface area contributed by atoms with Gasteiger partial charge in [0.25, 0.3) is 0 Å². The van der Waals surface area contributed by atoms with Crippen LogP contribution in [0.15, 0.2) is 29.2 Å². The molecule has 0 saturated heterocycles. The van der Waals surface area contributed by atoms with Crippen molar-refractivity contribution in [2.75, 3.05) is 18.8 Å². The Morgan fingerprint density at radius 1 is 1.24 bits per heavy atom. The van der Waals surface area contributed by atoms with Gasteiger partial charge in [0.15, 0.2) is 0 Å². The molecule has 6 N–H and O–H groups in total. The minimum Gasteiger partial charge on any atom is -0.465 e. The van der Waals surface area contributed by atoms with Gasteiger partial charge in [-0.05, 0) is 56.0 Å². The highest BCUT2D eigenvalue weighted by Crippen LogP contribution is 2.22. The zero-order valence-corrected chi connectivity index (χ0v) is 15.5. The highest BCUT2D eigenvalue weighted by Gasteiger charge is 2.32. The Hall–Kier alpha value is -1.84. The summed E-state index contributed by atoms with van der Waals surface area (Å²) in [6.07, 6.45) is -0.458. The largest absolute Gasteiger partial charge is 0.465 e. The van der Waals surface area contributed by atoms with Crippen LogP contribution in [0.5, 0.6) is 0 Å². The number of nitrogens with zero attached hydrogens (tertiary/aromatic N) is 1. The van der Waals surface area contributed by atoms with Crippen LogP contribution in [0.4, 0.5) is 10.5 Å². The maximum Gasteiger partial charge on any atom is 0.405 e. The standard InChI is InChI=1S/C16H28N4O4S/c1-12(2)11-20(15(19-16(21)22)5-3-4-10-17)25(23,24)14-8-6-13(18)7-9-14/h6-9,12,15,19H,3-5,10-11,17-18H2,1-2H3,(H,21,22)/t15-/m0/s1. The van der Waals surface area contributed by atoms with Gasteiger partial charge in [0.1, 0.15) is 0 Å². The molecule has 1 amide bonds. The number of carboxylic acid groups (broad SMARTS) is 1. The van der Waals surface area contributed by atoms with Gasteiger partial charge in [-0.1, -0.05) is 13.8 Å². The molecule has 0 heterocycles. The molecular weight excluding hydrogens is 344 g/mol. The van der Waals surface area contributed by atoms with Crippen LogP contribution in [0.2, 0.25) is 0 Å². The number of hydrogen-bond acceptors (Lipinski definition) is 5. The van der Waals surface area contributed by atoms with E-state index in [1.54, 1.807) is 0 Å². The van der Waals surface area contributed by atoms with Crippen LogP contribution in [0.1, 0.15) is 33.1 Å². The molecule has 1 aromatic carbocycles. The summed E-state index contributed by atoms with van der Waals surface area (Å²) in [5.74, 6) is 0.0242. The van der Waals surface area contributed by atoms with E-state index in [1.165, 1.54) is 28.6 Å². The number of anilines is 1. The zero-order chi connectivity index (χ0) is 19.0. The van der Waals surface area contributed by atoms with Gasteiger partial charge in [-0.25, -0.2) is 13.2 Å². The molecule has 0 fully saturated rings. The second-order valence-corrected chi connectivity index (χ2v) is 8.18. The predicted octanol–water partition coefficient (Wildman–Crippen LogP) is 1.64. The second kappa shape index (κ2) is 9.59. The van der Waals surface area contributed by atoms with Gasteiger partial charge in [0.05, 0.1) is 11.1 Å². The monoisotopic (exact) mass is 372 g/mol. The van der Waals surface area contributed by atoms with Gasteiger partial charge in [-0.15, -0.1) is 0 Å². The normalized spacial score (nSPS) is 13.2. The number of unbranched alkanes of at least 4 members (excludes halogenated alkanes) is 1. The third-order valence-electron chi connectivity index (χ3n) is 3.60. The van der Waals surface area contributed by atoms with Crippen LogP contribution in [-0.2, 0) is 10.0 Å². The smallest absolute Gasteiger partial charge is 0.405 e. The van der Waals surface area contributed by atoms with Crippen molar-refractivity contribution in [1.29, 1.82) is 0 Å². The van der Waals surface area contributed by atoms with E-state index in [1.807, 2.05) is 13.8 Å². The molecule has 0 unspecified atom stereocenters. The van der Waals surface area contributed by atoms with Crippen molar-refractivity contribution < 1.29 is 18.3 Å². The van der Waals surface area contributed by atoms with Crippen molar-refractivity contribution >= 4 is 21.8 Å². The SMILES string of the molecule is CC(C)CN([C@@H](CCCCN)NC(=O)O)S(=O)(=O)c1ccc(N)cc1. The van der Waals surface area contributed by atoms with Crippen LogP contribution in [0.25, 0.3) is 0 Å². The van der Waals surface area contributed by atoms with Gasteiger partial charge in [0.2, 0.25) is 10.0 Å². The van der Waals surface area contributed by atoms with Crippen LogP contribution < -0.4 is 16.8 Å². The molecule has 0 aliphatic carbocycles. The van der Waals surface area contributed by atoms with Gasteiger partial charge in [0, 0.05) is 12.2 Å². The van der Waals surface area contributed by atoms with E-state index in [-0.39, 0.29) is 17.4 Å². The van der Waals surface area contributed by atoms with E-state index >= 15 is 0 Å². The number of sulfonamides is 1. The van der Waals surface area contributed by atoms with Crippen molar-refractivity contribution in [3.63, 3.8) is 0 Å². The fourth-order valence-corrected chi connectivity index (χ4v) is 4.18. The van der Waals surface area contributed by atoms with Crippen LogP contribution in [0.3, 0.4) is 0 Å². The molecule has 0 radical (unpaired) electrons. The maximum absolute atomic E-state index is 13.1. The predicted molar refractivity (Wildman–Crippen MR) is 97.4 cm³/mol. The lowest BCUT2D eigenvalue weighted by Gasteiger charge is -2.32. The number of carbonyl (C=O) groups is 1. The minimum atomic E-state index is -3.87. The lowest BCUT2D eigenvalue weighted by Crippen LogP contribution is -2.51. The molecule has 1 aromatic rings. The third-order valence-corrected chi connectivity index (χ3v) is 5.49. The Morgan fingerprint density at radius 2 is 1.84 bits per heavy atom. The molecule has 8 nitrogen and oxygen atoms in total. The average Bonchev–Trinajstić information content (AvgIpc) is 2.51. The quantitative estimate of drug-likeness (QED) is 0.280. The Morgan fingerprint density at radius 3 is 2.32 bits per heavy atom. The summed E-state index contributed by atoms with van der Waals surface area (Å²) >= 11 is 0. The summed E-state index contributed by atoms with van der Waals surface area (Å²) in [5.41, 5.74) is 11.6. The van der Waals surface area contributed by atoms with Crippen LogP contribution in [0, 0.1) is 5.92 Å². The molecule has 0 bridgehead atoms. The maximum atomic E-state index is 13.1. The molecule has 1 rings (SSSR count). The highest BCUT2D eigenvalue weighted by molar-refractivity contribution is 7.89. The van der Waals surface area contributed by atoms with Gasteiger partial charge < -0.3 is 21.9 Å². The first-order chi connectivity index (χ1) is 11.7. The van der Waals surface area contributed by atoms with Crippen molar-refractivity contribution in [2.45, 2.75) is 44.2 Å². The van der Waals surface area contributed by atoms with E-state index in [4.69, 9.17) is 16.6 Å². The van der Waals surface area contributed by atoms with E-state index in [0.29, 0.717) is 31.5 Å². The minimum absolute atomic E-state index is 0.0242. The molecule has 0 saturated carbocycles. The number of amides is 1. The summed E-state index contributed by atoms with van der Waals surface area (Å²) in [6.45, 7) is 4.42. The molecule has 142 valence electrons. The highest BCUT2D eigenvalue weighted by atomic mass is 32.2. The molecule has 0 spiro atoms. The van der Waals surface area contributed by atoms with E-state index in [0.717, 1.165) is 0 Å². The van der Waals surface area contributed by atoms with E-state index in [9.17, 15) is 13.2 Å². The molecule has 25 heavy (non-hydrogen) atoms. The lowest BCUT2D eigenvalue weighted by atomic mass is 10.1. The summed E-state index contributed by atoms with van der Waals surface area (Å²) in [5, 5.41) is 11.5. The Balaban J connectivity index is 3.20. The molecule has 0 aromatic heterocycles. The summed E-state index contributed by atoms with van der Waals surface area (Å²) < 4.78 is 27.3. The first-order valence-corrected chi connectivity index (χ1v) is 9.69. The zero-order valence-electron chi connectivity index (χ0n) is 14.7. The van der Waals surface area contributed by atoms with Gasteiger partial charge in [-0.3, -0.25) is 0 Å². The summed E-state index contributed by atoms with van der Waals surface area (Å²) in [4.78, 5) is 11.2. The molecule has 9 heteroatoms. The van der Waals surface area contributed by atoms with E-state index in [2.05, 4.69) is 5.32 Å². The lowest BCUT2D eigenvalue weighted by molar-refractivity contribution is 0.169. The number of nitrogens with two attached hydrogens (primary N) is 2. The molecule has 1 atom stereocenters. The Kier molecular flexibility index (Phi) is 8.14. The number of benzene rings is 1. The van der Waals surface area contributed by atoms with Crippen molar-refractivity contribution in [3.05, 3.63) is 24.3 Å². The molecular formula is C16H28N4O4S. The van der Waals surface area contributed by atoms with Crippen LogP contribution in [-0.4, -0.2) is 43.2 Å². The Labute approximate surface area is 149 Å². The number of nitrogen functional groups attached to an aromatic ring is 1. The fourth-order valence-electron chi connectivity index (χ4n) is 2.44. The molecule has 0 aliphatic rings. The van der Waals surface area contributed by atoms with Crippen LogP contribution >= 0.6 is 0 Å². The summed E-state index contributed by atoms with van der Waals surface area (Å²) in [7, 11) is -3.87. The van der Waals surface area contributed by atoms with E-state index < -0.39 is 22.3 Å².